The molecule has 2 aromatic heterocycles. The third kappa shape index (κ3) is 9.01. The zero-order valence-corrected chi connectivity index (χ0v) is 45.8. The van der Waals surface area contributed by atoms with Gasteiger partial charge in [-0.05, 0) is 0 Å². The Balaban J connectivity index is 0.00000150. The number of hydrogen-bond acceptors (Lipinski definition) is 17. The number of carboxylic acids is 1. The van der Waals surface area contributed by atoms with Crippen molar-refractivity contribution in [2.45, 2.75) is 14.7 Å². The fraction of sp³-hybridized carbons (Fsp3) is 0. The molecule has 6 heterocycles. The van der Waals surface area contributed by atoms with Crippen molar-refractivity contribution in [1.82, 2.24) is 6.55 Å². The van der Waals surface area contributed by atoms with E-state index in [0.29, 0.717) is 21.9 Å². The van der Waals surface area contributed by atoms with Gasteiger partial charge in [0.05, 0.1) is 0 Å². The van der Waals surface area contributed by atoms with Crippen LogP contribution < -0.4 is 134 Å². The monoisotopic (exact) mass is 997 g/mol. The minimum Gasteiger partial charge on any atom is 1.00 e. The van der Waals surface area contributed by atoms with Gasteiger partial charge in [0.15, 0.2) is 0 Å². The summed E-state index contributed by atoms with van der Waals surface area (Å²) in [5, 5.41) is 12.6. The van der Waals surface area contributed by atoms with Gasteiger partial charge in [0.1, 0.15) is 0 Å². The first-order chi connectivity index (χ1) is 27.4. The van der Waals surface area contributed by atoms with Crippen LogP contribution in [0.2, 0.25) is 0 Å². The number of carbonyl (C=O) groups is 1. The number of rotatable bonds is 5. The second-order valence-corrected chi connectivity index (χ2v) is 19.8. The van der Waals surface area contributed by atoms with Gasteiger partial charge in [-0.2, -0.15) is 0 Å². The molecule has 0 spiro atoms. The molecule has 0 saturated carbocycles. The second kappa shape index (κ2) is 18.5. The number of fused-ring (bicyclic) bond motifs is 14. The molecule has 0 atom stereocenters. The summed E-state index contributed by atoms with van der Waals surface area (Å²) in [4.78, 5) is 38.6. The summed E-state index contributed by atoms with van der Waals surface area (Å²) in [7, 11) is -14.9. The molecule has 4 aliphatic heterocycles. The molecule has 1 radical (unpaired) electrons. The van der Waals surface area contributed by atoms with Crippen molar-refractivity contribution < 1.29 is 173 Å². The molecule has 63 heavy (non-hydrogen) atoms. The minimum absolute atomic E-state index is 0. The third-order valence-electron chi connectivity index (χ3n) is 9.64. The summed E-state index contributed by atoms with van der Waals surface area (Å²) in [6, 6.07) is 15.6. The second-order valence-electron chi connectivity index (χ2n) is 13.1. The zero-order valence-electron chi connectivity index (χ0n) is 33.0. The molecule has 293 valence electrons. The molecule has 28 heteroatoms. The third-order valence-corrected chi connectivity index (χ3v) is 15.2. The van der Waals surface area contributed by atoms with Crippen LogP contribution in [0.5, 0.6) is 0 Å². The Morgan fingerprint density at radius 1 is 0.508 bits per heavy atom. The predicted molar refractivity (Wildman–Crippen MR) is 203 cm³/mol. The quantitative estimate of drug-likeness (QED) is 0.0887. The fourth-order valence-electron chi connectivity index (χ4n) is 7.08. The van der Waals surface area contributed by atoms with E-state index in [2.05, 4.69) is 9.98 Å². The van der Waals surface area contributed by atoms with E-state index in [-0.39, 0.29) is 197 Å². The number of nitrogens with zero attached hydrogens (tertiary/aromatic N) is 8. The summed E-state index contributed by atoms with van der Waals surface area (Å²) in [5.41, 5.74) is 1.69. The van der Waals surface area contributed by atoms with E-state index in [1.165, 1.54) is 24.3 Å². The molecule has 4 aromatic carbocycles. The van der Waals surface area contributed by atoms with Gasteiger partial charge in [0, 0.05) is 0 Å². The summed E-state index contributed by atoms with van der Waals surface area (Å²) >= 11 is -2.37. The van der Waals surface area contributed by atoms with Crippen molar-refractivity contribution >= 4 is 117 Å². The molecule has 0 unspecified atom stereocenters. The minimum atomic E-state index is -5.02. The van der Waals surface area contributed by atoms with Crippen LogP contribution in [0.25, 0.3) is 27.6 Å². The SMILES string of the molecule is O.O=C([O-])/C=C/c1ccc2c3[n]4c(c2c1)=NC1=NC(=Nc2c5ccc(S(=O)(=O)[O-])cc5c([n]2[Ga]4)N=C2N=C(N=3)c3cc(S(=O)(=O)[O-])ccc32)c2cc(S(=O)(=O)[O-])ccc21.[Na+].[Na+].[Na+].[Na+]. The average Bonchev–Trinajstić information content (AvgIpc) is 3.85. The number of aliphatic carboxylic acids is 1. The standard InChI is InChI=1S/C35H19N8O11S3.Ga.4Na.H2O/c44-27(45)10-2-15-1-6-19-23(11-15)32-36-28(19)38-33-25-13-17(56(49,50)51)4-8-21(25)30(40-33)42-35-26-14-18(57(52,53)54)5-9-22(26)31(43-35)41-34-24-12-16(55(46,47)48)3-7-20(24)29(37-32)39-34;;;;;;/h1-14H,(H5-,36,37,38,39,40,41,42,43,44,45,46,47,48,49,50,51,52,53,54);;;;;;1H2/q-1;+2;4*+1;/p-5/b10-2+;;;;;;. The number of amidine groups is 4. The van der Waals surface area contributed by atoms with Gasteiger partial charge in [-0.15, -0.1) is 0 Å². The van der Waals surface area contributed by atoms with Gasteiger partial charge < -0.3 is 5.48 Å². The smallest absolute Gasteiger partial charge is 1.00 e. The van der Waals surface area contributed by atoms with Crippen LogP contribution in [0.15, 0.2) is 124 Å². The van der Waals surface area contributed by atoms with Gasteiger partial charge in [0.2, 0.25) is 0 Å². The number of carbonyl (C=O) groups excluding carboxylic acids is 1. The Kier molecular flexibility index (Phi) is 15.2. The van der Waals surface area contributed by atoms with Gasteiger partial charge in [-0.1, -0.05) is 0 Å². The van der Waals surface area contributed by atoms with Crippen molar-refractivity contribution in [3.05, 3.63) is 118 Å². The van der Waals surface area contributed by atoms with Crippen molar-refractivity contribution in [3.8, 4) is 0 Å². The summed E-state index contributed by atoms with van der Waals surface area (Å²) in [6.45, 7) is 0. The van der Waals surface area contributed by atoms with E-state index in [9.17, 15) is 48.8 Å². The molecule has 10 rings (SSSR count). The van der Waals surface area contributed by atoms with Gasteiger partial charge in [-0.3, -0.25) is 0 Å². The number of aliphatic imine (C=N–C) groups is 4. The molecule has 0 aliphatic carbocycles. The maximum atomic E-state index is 12.4. The maximum Gasteiger partial charge on any atom is 1.00 e. The Morgan fingerprint density at radius 2 is 0.952 bits per heavy atom. The summed E-state index contributed by atoms with van der Waals surface area (Å²) < 4.78 is 114. The maximum absolute atomic E-state index is 12.4. The molecule has 20 nitrogen and oxygen atoms in total. The van der Waals surface area contributed by atoms with E-state index in [1.54, 1.807) is 24.7 Å². The van der Waals surface area contributed by atoms with Crippen molar-refractivity contribution in [2.24, 2.45) is 30.0 Å². The van der Waals surface area contributed by atoms with Crippen LogP contribution >= 0.6 is 0 Å². The molecule has 0 saturated heterocycles. The van der Waals surface area contributed by atoms with E-state index < -0.39 is 68.9 Å². The van der Waals surface area contributed by atoms with E-state index in [1.807, 2.05) is 0 Å². The summed E-state index contributed by atoms with van der Waals surface area (Å²) in [6.07, 6.45) is 2.14. The molecular weight excluding hydrogens is 982 g/mol. The average molecular weight is 998 g/mol. The largest absolute Gasteiger partial charge is 1.00 e. The Bertz CT molecular complexity index is 3680. The normalized spacial score (nSPS) is 14.2. The van der Waals surface area contributed by atoms with Crippen LogP contribution in [0.4, 0.5) is 11.6 Å². The zero-order chi connectivity index (χ0) is 40.6. The van der Waals surface area contributed by atoms with Crippen LogP contribution in [0.3, 0.4) is 0 Å². The molecule has 0 amide bonds. The Labute approximate surface area is 451 Å². The molecule has 6 bridgehead atoms. The number of carboxylic acid groups (broad SMARTS) is 1. The number of hydrogen-bond donors (Lipinski definition) is 0. The van der Waals surface area contributed by atoms with Crippen molar-refractivity contribution in [1.29, 1.82) is 0 Å². The van der Waals surface area contributed by atoms with E-state index in [0.717, 1.165) is 42.5 Å². The fourth-order valence-corrected chi connectivity index (χ4v) is 11.6. The van der Waals surface area contributed by atoms with Crippen molar-refractivity contribution in [2.75, 3.05) is 0 Å². The Hall–Kier alpha value is -2.22. The van der Waals surface area contributed by atoms with Crippen molar-refractivity contribution in [3.63, 3.8) is 0 Å². The number of aromatic nitrogens is 2. The molecule has 0 fully saturated rings. The summed E-state index contributed by atoms with van der Waals surface area (Å²) in [5.74, 6) is -1.30. The van der Waals surface area contributed by atoms with E-state index in [4.69, 9.17) is 20.0 Å². The molecule has 6 aromatic rings. The van der Waals surface area contributed by atoms with Crippen LogP contribution in [0, 0.1) is 0 Å². The topological polar surface area (TPSA) is 327 Å². The van der Waals surface area contributed by atoms with Crippen LogP contribution in [0.1, 0.15) is 27.8 Å². The molecule has 4 aliphatic rings. The Morgan fingerprint density at radius 3 is 1.49 bits per heavy atom. The van der Waals surface area contributed by atoms with Gasteiger partial charge in [-0.25, -0.2) is 0 Å². The first-order valence-electron chi connectivity index (χ1n) is 16.5. The first kappa shape index (κ1) is 51.8. The molecule has 2 N–H and O–H groups in total. The number of benzene rings is 4. The van der Waals surface area contributed by atoms with Gasteiger partial charge >= 0.3 is 453 Å². The van der Waals surface area contributed by atoms with Crippen LogP contribution in [-0.2, 0) is 35.1 Å². The first-order valence-corrected chi connectivity index (χ1v) is 22.9. The predicted octanol–water partition coefficient (Wildman–Crippen LogP) is -12.9. The van der Waals surface area contributed by atoms with E-state index >= 15 is 0 Å². The van der Waals surface area contributed by atoms with Crippen LogP contribution in [-0.4, -0.2) is 98.1 Å². The molecular formula is C35H16GaN8Na4O12S3. The van der Waals surface area contributed by atoms with Gasteiger partial charge in [0.25, 0.3) is 0 Å².